The third-order valence-electron chi connectivity index (χ3n) is 2.64. The molecule has 92 valence electrons. The number of hydrogen-bond donors (Lipinski definition) is 3. The summed E-state index contributed by atoms with van der Waals surface area (Å²) < 4.78 is 0. The Balaban J connectivity index is 2.08. The van der Waals surface area contributed by atoms with E-state index in [0.717, 1.165) is 31.0 Å². The van der Waals surface area contributed by atoms with Gasteiger partial charge in [-0.25, -0.2) is 0 Å². The molecule has 1 aliphatic carbocycles. The van der Waals surface area contributed by atoms with Crippen molar-refractivity contribution in [3.8, 4) is 0 Å². The number of carbonyl (C=O) groups is 2. The number of amides is 1. The van der Waals surface area contributed by atoms with Gasteiger partial charge in [0.1, 0.15) is 0 Å². The fourth-order valence-corrected chi connectivity index (χ4v) is 2.35. The maximum Gasteiger partial charge on any atom is 0.313 e. The third-order valence-corrected chi connectivity index (χ3v) is 3.56. The van der Waals surface area contributed by atoms with Crippen LogP contribution in [-0.4, -0.2) is 46.2 Å². The second-order valence-corrected chi connectivity index (χ2v) is 4.93. The summed E-state index contributed by atoms with van der Waals surface area (Å²) >= 11 is 1.08. The number of nitrogens with one attached hydrogen (secondary N) is 1. The van der Waals surface area contributed by atoms with E-state index in [2.05, 4.69) is 5.32 Å². The molecule has 0 aromatic carbocycles. The number of aliphatic hydroxyl groups excluding tert-OH is 1. The maximum atomic E-state index is 11.3. The number of hydrogen-bond acceptors (Lipinski definition) is 4. The lowest BCUT2D eigenvalue weighted by atomic mass is 10.1. The minimum absolute atomic E-state index is 0.0561. The highest BCUT2D eigenvalue weighted by atomic mass is 32.2. The first-order valence-electron chi connectivity index (χ1n) is 5.34. The van der Waals surface area contributed by atoms with E-state index in [-0.39, 0.29) is 29.4 Å². The number of rotatable bonds is 6. The molecule has 1 rings (SSSR count). The molecule has 0 aromatic rings. The van der Waals surface area contributed by atoms with Gasteiger partial charge in [0.15, 0.2) is 0 Å². The van der Waals surface area contributed by atoms with Crippen LogP contribution in [0.2, 0.25) is 0 Å². The van der Waals surface area contributed by atoms with Crippen LogP contribution in [-0.2, 0) is 9.59 Å². The van der Waals surface area contributed by atoms with Crippen molar-refractivity contribution in [1.82, 2.24) is 5.32 Å². The van der Waals surface area contributed by atoms with Crippen LogP contribution in [0.15, 0.2) is 0 Å². The van der Waals surface area contributed by atoms with Crippen LogP contribution in [0.1, 0.15) is 19.3 Å². The largest absolute Gasteiger partial charge is 0.481 e. The normalized spacial score (nSPS) is 24.3. The molecule has 0 spiro atoms. The highest BCUT2D eigenvalue weighted by molar-refractivity contribution is 8.00. The molecule has 0 saturated heterocycles. The van der Waals surface area contributed by atoms with Crippen LogP contribution in [0, 0.1) is 5.92 Å². The predicted molar refractivity (Wildman–Crippen MR) is 61.3 cm³/mol. The number of carboxylic acid groups (broad SMARTS) is 1. The summed E-state index contributed by atoms with van der Waals surface area (Å²) in [4.78, 5) is 21.5. The fraction of sp³-hybridized carbons (Fsp3) is 0.800. The van der Waals surface area contributed by atoms with Gasteiger partial charge in [-0.2, -0.15) is 0 Å². The lowest BCUT2D eigenvalue weighted by Gasteiger charge is -2.14. The van der Waals surface area contributed by atoms with E-state index in [1.165, 1.54) is 0 Å². The summed E-state index contributed by atoms with van der Waals surface area (Å²) in [5.41, 5.74) is 0. The standard InChI is InChI=1S/C10H17NO4S/c12-8-3-1-2-7(8)4-11-9(13)5-16-6-10(14)15/h7-8,12H,1-6H2,(H,11,13)(H,14,15). The van der Waals surface area contributed by atoms with Crippen LogP contribution in [0.3, 0.4) is 0 Å². The van der Waals surface area contributed by atoms with Crippen LogP contribution in [0.4, 0.5) is 0 Å². The average Bonchev–Trinajstić information content (AvgIpc) is 2.60. The van der Waals surface area contributed by atoms with Gasteiger partial charge in [-0.1, -0.05) is 6.42 Å². The van der Waals surface area contributed by atoms with Gasteiger partial charge >= 0.3 is 5.97 Å². The first-order chi connectivity index (χ1) is 7.59. The Morgan fingerprint density at radius 2 is 2.06 bits per heavy atom. The number of carboxylic acids is 1. The molecule has 1 fully saturated rings. The molecule has 0 heterocycles. The minimum atomic E-state index is -0.913. The van der Waals surface area contributed by atoms with E-state index in [9.17, 15) is 14.7 Å². The Labute approximate surface area is 98.6 Å². The Morgan fingerprint density at radius 1 is 1.31 bits per heavy atom. The van der Waals surface area contributed by atoms with Gasteiger partial charge in [0, 0.05) is 12.5 Å². The van der Waals surface area contributed by atoms with Crippen molar-refractivity contribution >= 4 is 23.6 Å². The molecule has 1 aliphatic rings. The van der Waals surface area contributed by atoms with E-state index in [0.29, 0.717) is 6.54 Å². The maximum absolute atomic E-state index is 11.3. The van der Waals surface area contributed by atoms with Crippen molar-refractivity contribution in [2.24, 2.45) is 5.92 Å². The summed E-state index contributed by atoms with van der Waals surface area (Å²) in [5.74, 6) is -0.808. The highest BCUT2D eigenvalue weighted by Gasteiger charge is 2.25. The number of thioether (sulfide) groups is 1. The lowest BCUT2D eigenvalue weighted by Crippen LogP contribution is -2.33. The van der Waals surface area contributed by atoms with Gasteiger partial charge in [0.05, 0.1) is 17.6 Å². The van der Waals surface area contributed by atoms with Crippen molar-refractivity contribution in [3.05, 3.63) is 0 Å². The molecule has 0 aliphatic heterocycles. The van der Waals surface area contributed by atoms with Crippen molar-refractivity contribution in [1.29, 1.82) is 0 Å². The monoisotopic (exact) mass is 247 g/mol. The van der Waals surface area contributed by atoms with Crippen LogP contribution < -0.4 is 5.32 Å². The van der Waals surface area contributed by atoms with Crippen LogP contribution in [0.25, 0.3) is 0 Å². The molecule has 1 amide bonds. The Morgan fingerprint density at radius 3 is 2.62 bits per heavy atom. The Bertz CT molecular complexity index is 259. The van der Waals surface area contributed by atoms with Gasteiger partial charge in [0.25, 0.3) is 0 Å². The summed E-state index contributed by atoms with van der Waals surface area (Å²) in [5, 5.41) is 20.6. The summed E-state index contributed by atoms with van der Waals surface area (Å²) in [6.07, 6.45) is 2.47. The number of carbonyl (C=O) groups excluding carboxylic acids is 1. The van der Waals surface area contributed by atoms with Crippen LogP contribution in [0.5, 0.6) is 0 Å². The summed E-state index contributed by atoms with van der Waals surface area (Å²) in [6.45, 7) is 0.494. The molecule has 0 aromatic heterocycles. The number of aliphatic hydroxyl groups is 1. The van der Waals surface area contributed by atoms with Gasteiger partial charge in [0.2, 0.25) is 5.91 Å². The van der Waals surface area contributed by atoms with Crippen molar-refractivity contribution < 1.29 is 19.8 Å². The van der Waals surface area contributed by atoms with E-state index in [4.69, 9.17) is 5.11 Å². The first-order valence-corrected chi connectivity index (χ1v) is 6.49. The quantitative estimate of drug-likeness (QED) is 0.619. The SMILES string of the molecule is O=C(O)CSCC(=O)NCC1CCCC1O. The zero-order chi connectivity index (χ0) is 12.0. The highest BCUT2D eigenvalue weighted by Crippen LogP contribution is 2.24. The van der Waals surface area contributed by atoms with E-state index < -0.39 is 5.97 Å². The first kappa shape index (κ1) is 13.3. The van der Waals surface area contributed by atoms with Gasteiger partial charge in [-0.05, 0) is 12.8 Å². The van der Waals surface area contributed by atoms with Gasteiger partial charge < -0.3 is 15.5 Å². The molecule has 2 unspecified atom stereocenters. The molecule has 3 N–H and O–H groups in total. The van der Waals surface area contributed by atoms with Crippen molar-refractivity contribution in [2.45, 2.75) is 25.4 Å². The van der Waals surface area contributed by atoms with Gasteiger partial charge in [-0.3, -0.25) is 9.59 Å². The summed E-state index contributed by atoms with van der Waals surface area (Å²) in [7, 11) is 0. The zero-order valence-electron chi connectivity index (χ0n) is 9.02. The molecule has 5 nitrogen and oxygen atoms in total. The topological polar surface area (TPSA) is 86.6 Å². The minimum Gasteiger partial charge on any atom is -0.481 e. The molecule has 6 heteroatoms. The Hall–Kier alpha value is -0.750. The molecule has 16 heavy (non-hydrogen) atoms. The van der Waals surface area contributed by atoms with Crippen molar-refractivity contribution in [3.63, 3.8) is 0 Å². The Kier molecular flexibility index (Phi) is 5.62. The average molecular weight is 247 g/mol. The molecule has 0 bridgehead atoms. The molecular formula is C10H17NO4S. The molecule has 1 saturated carbocycles. The third kappa shape index (κ3) is 4.85. The fourth-order valence-electron chi connectivity index (χ4n) is 1.78. The second-order valence-electron chi connectivity index (χ2n) is 3.95. The molecule has 0 radical (unpaired) electrons. The number of aliphatic carboxylic acids is 1. The predicted octanol–water partition coefficient (Wildman–Crippen LogP) is 0.0814. The smallest absolute Gasteiger partial charge is 0.313 e. The van der Waals surface area contributed by atoms with E-state index >= 15 is 0 Å². The lowest BCUT2D eigenvalue weighted by molar-refractivity contribution is -0.133. The van der Waals surface area contributed by atoms with Crippen LogP contribution >= 0.6 is 11.8 Å². The van der Waals surface area contributed by atoms with E-state index in [1.807, 2.05) is 0 Å². The second kappa shape index (κ2) is 6.75. The van der Waals surface area contributed by atoms with Gasteiger partial charge in [-0.15, -0.1) is 11.8 Å². The molecule has 2 atom stereocenters. The van der Waals surface area contributed by atoms with E-state index in [1.54, 1.807) is 0 Å². The van der Waals surface area contributed by atoms with Crippen molar-refractivity contribution in [2.75, 3.05) is 18.1 Å². The molecular weight excluding hydrogens is 230 g/mol. The summed E-state index contributed by atoms with van der Waals surface area (Å²) in [6, 6.07) is 0. The zero-order valence-corrected chi connectivity index (χ0v) is 9.83.